The van der Waals surface area contributed by atoms with Gasteiger partial charge in [-0.2, -0.15) is 0 Å². The van der Waals surface area contributed by atoms with Crippen LogP contribution in [0.5, 0.6) is 5.75 Å². The predicted molar refractivity (Wildman–Crippen MR) is 89.3 cm³/mol. The first-order chi connectivity index (χ1) is 11.2. The number of carboxylic acid groups (broad SMARTS) is 1. The first-order valence-corrected chi connectivity index (χ1v) is 8.65. The van der Waals surface area contributed by atoms with Crippen LogP contribution in [0, 0.1) is 0 Å². The summed E-state index contributed by atoms with van der Waals surface area (Å²) in [6, 6.07) is 6.54. The topological polar surface area (TPSA) is 77.2 Å². The van der Waals surface area contributed by atoms with E-state index in [9.17, 15) is 4.79 Å². The molecule has 0 aliphatic heterocycles. The second-order valence-corrected chi connectivity index (χ2v) is 5.94. The zero-order chi connectivity index (χ0) is 16.7. The number of nitrogens with zero attached hydrogens (tertiary/aromatic N) is 3. The number of carbonyl (C=O) groups is 1. The number of aryl methyl sites for hydroxylation is 1. The SMILES string of the molecule is CCc1nnc(SCCCOc2cccc(C(=O)O)c2)n1CC. The molecular weight excluding hydrogens is 314 g/mol. The molecule has 1 aromatic heterocycles. The Bertz CT molecular complexity index is 658. The molecule has 0 radical (unpaired) electrons. The van der Waals surface area contributed by atoms with Crippen LogP contribution in [0.4, 0.5) is 0 Å². The molecule has 6 nitrogen and oxygen atoms in total. The number of carboxylic acids is 1. The molecule has 1 heterocycles. The van der Waals surface area contributed by atoms with Crippen LogP contribution in [0.1, 0.15) is 36.5 Å². The molecule has 124 valence electrons. The van der Waals surface area contributed by atoms with Gasteiger partial charge >= 0.3 is 5.97 Å². The highest BCUT2D eigenvalue weighted by Gasteiger charge is 2.09. The molecule has 1 aromatic carbocycles. The summed E-state index contributed by atoms with van der Waals surface area (Å²) in [6.07, 6.45) is 1.73. The molecule has 0 amide bonds. The molecule has 0 fully saturated rings. The molecule has 0 bridgehead atoms. The van der Waals surface area contributed by atoms with Gasteiger partial charge in [-0.3, -0.25) is 0 Å². The number of aromatic nitrogens is 3. The summed E-state index contributed by atoms with van der Waals surface area (Å²) < 4.78 is 7.73. The summed E-state index contributed by atoms with van der Waals surface area (Å²) in [5, 5.41) is 18.3. The van der Waals surface area contributed by atoms with E-state index in [1.807, 2.05) is 0 Å². The summed E-state index contributed by atoms with van der Waals surface area (Å²) in [5.74, 6) is 1.52. The Morgan fingerprint density at radius 2 is 2.17 bits per heavy atom. The lowest BCUT2D eigenvalue weighted by molar-refractivity contribution is 0.0696. The monoisotopic (exact) mass is 335 g/mol. The Hall–Kier alpha value is -2.02. The lowest BCUT2D eigenvalue weighted by Gasteiger charge is -2.07. The minimum absolute atomic E-state index is 0.236. The van der Waals surface area contributed by atoms with E-state index in [2.05, 4.69) is 28.6 Å². The maximum Gasteiger partial charge on any atom is 0.335 e. The molecule has 2 aromatic rings. The van der Waals surface area contributed by atoms with E-state index in [4.69, 9.17) is 9.84 Å². The maximum absolute atomic E-state index is 10.9. The van der Waals surface area contributed by atoms with Crippen LogP contribution >= 0.6 is 11.8 Å². The van der Waals surface area contributed by atoms with Crippen molar-refractivity contribution in [2.24, 2.45) is 0 Å². The Morgan fingerprint density at radius 3 is 2.87 bits per heavy atom. The lowest BCUT2D eigenvalue weighted by atomic mass is 10.2. The van der Waals surface area contributed by atoms with Crippen LogP contribution in [0.2, 0.25) is 0 Å². The van der Waals surface area contributed by atoms with Crippen LogP contribution in [0.15, 0.2) is 29.4 Å². The van der Waals surface area contributed by atoms with Crippen molar-refractivity contribution in [3.05, 3.63) is 35.7 Å². The number of hydrogen-bond donors (Lipinski definition) is 1. The van der Waals surface area contributed by atoms with E-state index < -0.39 is 5.97 Å². The molecule has 0 atom stereocenters. The summed E-state index contributed by atoms with van der Waals surface area (Å²) in [7, 11) is 0. The summed E-state index contributed by atoms with van der Waals surface area (Å²) in [4.78, 5) is 10.9. The summed E-state index contributed by atoms with van der Waals surface area (Å²) >= 11 is 1.67. The van der Waals surface area contributed by atoms with Crippen molar-refractivity contribution in [3.8, 4) is 5.75 Å². The van der Waals surface area contributed by atoms with Crippen LogP contribution < -0.4 is 4.74 Å². The normalized spacial score (nSPS) is 10.7. The first-order valence-electron chi connectivity index (χ1n) is 7.66. The zero-order valence-electron chi connectivity index (χ0n) is 13.4. The Labute approximate surface area is 139 Å². The third kappa shape index (κ3) is 4.72. The van der Waals surface area contributed by atoms with Gasteiger partial charge < -0.3 is 14.4 Å². The van der Waals surface area contributed by atoms with Gasteiger partial charge in [0, 0.05) is 18.7 Å². The first kappa shape index (κ1) is 17.3. The van der Waals surface area contributed by atoms with Crippen molar-refractivity contribution in [3.63, 3.8) is 0 Å². The van der Waals surface area contributed by atoms with Gasteiger partial charge in [0.25, 0.3) is 0 Å². The van der Waals surface area contributed by atoms with Gasteiger partial charge in [-0.15, -0.1) is 10.2 Å². The fourth-order valence-corrected chi connectivity index (χ4v) is 3.07. The van der Waals surface area contributed by atoms with Gasteiger partial charge in [-0.05, 0) is 31.5 Å². The predicted octanol–water partition coefficient (Wildman–Crippen LogP) is 3.12. The second-order valence-electron chi connectivity index (χ2n) is 4.88. The van der Waals surface area contributed by atoms with Crippen LogP contribution in [-0.4, -0.2) is 38.2 Å². The third-order valence-electron chi connectivity index (χ3n) is 3.30. The van der Waals surface area contributed by atoms with Crippen LogP contribution in [0.3, 0.4) is 0 Å². The van der Waals surface area contributed by atoms with E-state index in [0.717, 1.165) is 36.1 Å². The molecule has 1 N–H and O–H groups in total. The van der Waals surface area contributed by atoms with E-state index >= 15 is 0 Å². The molecule has 7 heteroatoms. The molecule has 2 rings (SSSR count). The number of ether oxygens (including phenoxy) is 1. The third-order valence-corrected chi connectivity index (χ3v) is 4.35. The van der Waals surface area contributed by atoms with Crippen molar-refractivity contribution in [2.75, 3.05) is 12.4 Å². The fraction of sp³-hybridized carbons (Fsp3) is 0.438. The van der Waals surface area contributed by atoms with Crippen molar-refractivity contribution < 1.29 is 14.6 Å². The van der Waals surface area contributed by atoms with Crippen molar-refractivity contribution in [1.29, 1.82) is 0 Å². The zero-order valence-corrected chi connectivity index (χ0v) is 14.2. The highest BCUT2D eigenvalue weighted by molar-refractivity contribution is 7.99. The lowest BCUT2D eigenvalue weighted by Crippen LogP contribution is -2.03. The molecule has 0 aliphatic rings. The van der Waals surface area contributed by atoms with Crippen molar-refractivity contribution in [1.82, 2.24) is 14.8 Å². The van der Waals surface area contributed by atoms with Gasteiger partial charge in [0.05, 0.1) is 12.2 Å². The molecule has 0 saturated heterocycles. The minimum Gasteiger partial charge on any atom is -0.494 e. The molecular formula is C16H21N3O3S. The number of hydrogen-bond acceptors (Lipinski definition) is 5. The maximum atomic E-state index is 10.9. The van der Waals surface area contributed by atoms with Crippen molar-refractivity contribution in [2.45, 2.75) is 38.4 Å². The largest absolute Gasteiger partial charge is 0.494 e. The van der Waals surface area contributed by atoms with E-state index in [1.165, 1.54) is 6.07 Å². The Balaban J connectivity index is 1.77. The van der Waals surface area contributed by atoms with E-state index in [1.54, 1.807) is 30.0 Å². The average molecular weight is 335 g/mol. The second kappa shape index (κ2) is 8.57. The fourth-order valence-electron chi connectivity index (χ4n) is 2.14. The molecule has 0 aliphatic carbocycles. The Morgan fingerprint density at radius 1 is 1.35 bits per heavy atom. The van der Waals surface area contributed by atoms with Crippen LogP contribution in [0.25, 0.3) is 0 Å². The van der Waals surface area contributed by atoms with Gasteiger partial charge in [-0.25, -0.2) is 4.79 Å². The molecule has 0 spiro atoms. The van der Waals surface area contributed by atoms with Crippen molar-refractivity contribution >= 4 is 17.7 Å². The quantitative estimate of drug-likeness (QED) is 0.560. The van der Waals surface area contributed by atoms with Crippen LogP contribution in [-0.2, 0) is 13.0 Å². The molecule has 0 saturated carbocycles. The summed E-state index contributed by atoms with van der Waals surface area (Å²) in [6.45, 7) is 5.57. The van der Waals surface area contributed by atoms with Gasteiger partial charge in [-0.1, -0.05) is 24.8 Å². The number of thioether (sulfide) groups is 1. The number of aromatic carboxylic acids is 1. The average Bonchev–Trinajstić information content (AvgIpc) is 2.96. The molecule has 23 heavy (non-hydrogen) atoms. The van der Waals surface area contributed by atoms with E-state index in [-0.39, 0.29) is 5.56 Å². The number of rotatable bonds is 9. The smallest absolute Gasteiger partial charge is 0.335 e. The van der Waals surface area contributed by atoms with Gasteiger partial charge in [0.15, 0.2) is 5.16 Å². The van der Waals surface area contributed by atoms with Gasteiger partial charge in [0.2, 0.25) is 0 Å². The highest BCUT2D eigenvalue weighted by Crippen LogP contribution is 2.19. The summed E-state index contributed by atoms with van der Waals surface area (Å²) in [5.41, 5.74) is 0.236. The Kier molecular flexibility index (Phi) is 6.46. The molecule has 0 unspecified atom stereocenters. The highest BCUT2D eigenvalue weighted by atomic mass is 32.2. The standard InChI is InChI=1S/C16H21N3O3S/c1-3-14-17-18-16(19(14)4-2)23-10-6-9-22-13-8-5-7-12(11-13)15(20)21/h5,7-8,11H,3-4,6,9-10H2,1-2H3,(H,20,21). The minimum atomic E-state index is -0.948. The number of benzene rings is 1. The van der Waals surface area contributed by atoms with Gasteiger partial charge in [0.1, 0.15) is 11.6 Å². The van der Waals surface area contributed by atoms with E-state index in [0.29, 0.717) is 12.4 Å².